The van der Waals surface area contributed by atoms with Crippen LogP contribution in [0.15, 0.2) is 18.2 Å². The van der Waals surface area contributed by atoms with Crippen LogP contribution in [0.4, 0.5) is 0 Å². The third-order valence-electron chi connectivity index (χ3n) is 3.74. The first-order valence-corrected chi connectivity index (χ1v) is 7.31. The molecule has 0 unspecified atom stereocenters. The minimum absolute atomic E-state index is 0.336. The number of carbonyl (C=O) groups is 1. The second-order valence-corrected chi connectivity index (χ2v) is 6.11. The zero-order chi connectivity index (χ0) is 13.7. The predicted molar refractivity (Wildman–Crippen MR) is 76.4 cm³/mol. The van der Waals surface area contributed by atoms with Crippen LogP contribution in [0, 0.1) is 11.5 Å². The van der Waals surface area contributed by atoms with Gasteiger partial charge in [-0.15, -0.1) is 0 Å². The Labute approximate surface area is 120 Å². The summed E-state index contributed by atoms with van der Waals surface area (Å²) >= 11 is 5.81. The fourth-order valence-corrected chi connectivity index (χ4v) is 2.27. The Bertz CT molecular complexity index is 438. The predicted octanol–water partition coefficient (Wildman–Crippen LogP) is 4.66. The fraction of sp³-hybridized carbons (Fsp3) is 0.562. The molecule has 2 rings (SSSR count). The van der Waals surface area contributed by atoms with Crippen molar-refractivity contribution in [2.24, 2.45) is 5.41 Å². The fourth-order valence-electron chi connectivity index (χ4n) is 2.09. The maximum absolute atomic E-state index is 11.7. The lowest BCUT2D eigenvalue weighted by Gasteiger charge is -2.08. The molecule has 1 radical (unpaired) electrons. The third-order valence-corrected chi connectivity index (χ3v) is 3.98. The van der Waals surface area contributed by atoms with Crippen LogP contribution in [0.5, 0.6) is 0 Å². The number of hydrogen-bond acceptors (Lipinski definition) is 2. The summed E-state index contributed by atoms with van der Waals surface area (Å²) < 4.78 is 5.20. The topological polar surface area (TPSA) is 26.3 Å². The molecule has 0 N–H and O–H groups in total. The average Bonchev–Trinajstić information content (AvgIpc) is 3.11. The Morgan fingerprint density at radius 1 is 1.42 bits per heavy atom. The van der Waals surface area contributed by atoms with E-state index in [0.29, 0.717) is 22.6 Å². The van der Waals surface area contributed by atoms with Crippen molar-refractivity contribution in [3.8, 4) is 0 Å². The van der Waals surface area contributed by atoms with E-state index < -0.39 is 0 Å². The van der Waals surface area contributed by atoms with E-state index in [-0.39, 0.29) is 5.97 Å². The van der Waals surface area contributed by atoms with Crippen molar-refractivity contribution in [3.63, 3.8) is 0 Å². The molecule has 0 aromatic heterocycles. The summed E-state index contributed by atoms with van der Waals surface area (Å²) in [5, 5.41) is 0.531. The maximum Gasteiger partial charge on any atom is 0.338 e. The summed E-state index contributed by atoms with van der Waals surface area (Å²) in [5.41, 5.74) is 1.03. The standard InChI is InChI=1S/C16H20ClO2/c1-16(9-10-16)8-3-2-4-11-19-15(18)13-6-5-7-14(17)12-13/h5,7,12H,2-4,8-11H2,1H3. The van der Waals surface area contributed by atoms with E-state index in [4.69, 9.17) is 16.3 Å². The van der Waals surface area contributed by atoms with Crippen LogP contribution >= 0.6 is 11.6 Å². The first-order valence-electron chi connectivity index (χ1n) is 6.93. The van der Waals surface area contributed by atoms with Gasteiger partial charge < -0.3 is 4.74 Å². The van der Waals surface area contributed by atoms with Gasteiger partial charge in [-0.05, 0) is 49.3 Å². The van der Waals surface area contributed by atoms with Gasteiger partial charge in [-0.3, -0.25) is 0 Å². The van der Waals surface area contributed by atoms with E-state index in [1.54, 1.807) is 18.2 Å². The lowest BCUT2D eigenvalue weighted by Crippen LogP contribution is -2.06. The number of halogens is 1. The second-order valence-electron chi connectivity index (χ2n) is 5.68. The van der Waals surface area contributed by atoms with Gasteiger partial charge >= 0.3 is 5.97 Å². The van der Waals surface area contributed by atoms with Gasteiger partial charge in [0.2, 0.25) is 0 Å². The SMILES string of the molecule is CC1(CCCCCOC(=O)c2[c]ccc(Cl)c2)CC1. The molecule has 0 amide bonds. The molecule has 2 nitrogen and oxygen atoms in total. The minimum atomic E-state index is -0.336. The molecule has 103 valence electrons. The first-order chi connectivity index (χ1) is 9.09. The molecule has 3 heteroatoms. The summed E-state index contributed by atoms with van der Waals surface area (Å²) in [4.78, 5) is 11.7. The zero-order valence-corrected chi connectivity index (χ0v) is 12.1. The molecule has 0 spiro atoms. The van der Waals surface area contributed by atoms with Crippen LogP contribution in [-0.4, -0.2) is 12.6 Å². The molecular formula is C16H20ClO2. The summed E-state index contributed by atoms with van der Waals surface area (Å²) in [5.74, 6) is -0.336. The Morgan fingerprint density at radius 3 is 2.89 bits per heavy atom. The van der Waals surface area contributed by atoms with Crippen LogP contribution in [0.3, 0.4) is 0 Å². The quantitative estimate of drug-likeness (QED) is 0.536. The molecule has 1 saturated carbocycles. The molecular weight excluding hydrogens is 260 g/mol. The number of esters is 1. The summed E-state index contributed by atoms with van der Waals surface area (Å²) in [6.45, 7) is 2.83. The van der Waals surface area contributed by atoms with E-state index >= 15 is 0 Å². The maximum atomic E-state index is 11.7. The molecule has 0 heterocycles. The number of carbonyl (C=O) groups excluding carboxylic acids is 1. The van der Waals surface area contributed by atoms with Crippen molar-refractivity contribution < 1.29 is 9.53 Å². The second kappa shape index (κ2) is 6.42. The van der Waals surface area contributed by atoms with Crippen molar-refractivity contribution >= 4 is 17.6 Å². The first kappa shape index (κ1) is 14.4. The molecule has 1 fully saturated rings. The van der Waals surface area contributed by atoms with E-state index in [2.05, 4.69) is 13.0 Å². The Hall–Kier alpha value is -1.02. The lowest BCUT2D eigenvalue weighted by molar-refractivity contribution is 0.0497. The molecule has 19 heavy (non-hydrogen) atoms. The van der Waals surface area contributed by atoms with Crippen molar-refractivity contribution in [2.45, 2.75) is 45.4 Å². The van der Waals surface area contributed by atoms with Gasteiger partial charge in [-0.2, -0.15) is 0 Å². The van der Waals surface area contributed by atoms with E-state index in [9.17, 15) is 4.79 Å². The van der Waals surface area contributed by atoms with Gasteiger partial charge in [0.05, 0.1) is 12.2 Å². The van der Waals surface area contributed by atoms with Crippen LogP contribution < -0.4 is 0 Å². The lowest BCUT2D eigenvalue weighted by atomic mass is 10.0. The van der Waals surface area contributed by atoms with Crippen LogP contribution in [-0.2, 0) is 4.74 Å². The normalized spacial score (nSPS) is 16.1. The van der Waals surface area contributed by atoms with Crippen molar-refractivity contribution in [2.75, 3.05) is 6.61 Å². The van der Waals surface area contributed by atoms with Gasteiger partial charge in [-0.1, -0.05) is 37.4 Å². The monoisotopic (exact) mass is 279 g/mol. The van der Waals surface area contributed by atoms with Crippen LogP contribution in [0.2, 0.25) is 5.02 Å². The minimum Gasteiger partial charge on any atom is -0.462 e. The van der Waals surface area contributed by atoms with Gasteiger partial charge in [0, 0.05) is 5.02 Å². The number of hydrogen-bond donors (Lipinski definition) is 0. The van der Waals surface area contributed by atoms with E-state index in [0.717, 1.165) is 12.8 Å². The highest BCUT2D eigenvalue weighted by atomic mass is 35.5. The highest BCUT2D eigenvalue weighted by molar-refractivity contribution is 6.30. The van der Waals surface area contributed by atoms with Crippen molar-refractivity contribution in [1.29, 1.82) is 0 Å². The molecule has 1 aliphatic carbocycles. The van der Waals surface area contributed by atoms with Gasteiger partial charge in [-0.25, -0.2) is 4.79 Å². The molecule has 1 aromatic rings. The van der Waals surface area contributed by atoms with Gasteiger partial charge in [0.1, 0.15) is 0 Å². The van der Waals surface area contributed by atoms with Crippen LogP contribution in [0.25, 0.3) is 0 Å². The molecule has 0 aliphatic heterocycles. The smallest absolute Gasteiger partial charge is 0.338 e. The van der Waals surface area contributed by atoms with Gasteiger partial charge in [0.15, 0.2) is 0 Å². The Balaban J connectivity index is 1.58. The summed E-state index contributed by atoms with van der Waals surface area (Å²) in [6.07, 6.45) is 7.37. The van der Waals surface area contributed by atoms with Gasteiger partial charge in [0.25, 0.3) is 0 Å². The molecule has 0 bridgehead atoms. The molecule has 1 aromatic carbocycles. The average molecular weight is 280 g/mol. The zero-order valence-electron chi connectivity index (χ0n) is 11.4. The van der Waals surface area contributed by atoms with Crippen molar-refractivity contribution in [3.05, 3.63) is 34.9 Å². The highest BCUT2D eigenvalue weighted by Gasteiger charge is 2.35. The number of ether oxygens (including phenoxy) is 1. The van der Waals surface area contributed by atoms with Crippen molar-refractivity contribution in [1.82, 2.24) is 0 Å². The number of unbranched alkanes of at least 4 members (excludes halogenated alkanes) is 2. The number of benzene rings is 1. The van der Waals surface area contributed by atoms with Crippen LogP contribution in [0.1, 0.15) is 55.8 Å². The number of rotatable bonds is 7. The molecule has 1 aliphatic rings. The molecule has 0 atom stereocenters. The largest absolute Gasteiger partial charge is 0.462 e. The summed E-state index contributed by atoms with van der Waals surface area (Å²) in [7, 11) is 0. The Kier molecular flexibility index (Phi) is 4.87. The highest BCUT2D eigenvalue weighted by Crippen LogP contribution is 2.49. The Morgan fingerprint density at radius 2 is 2.21 bits per heavy atom. The summed E-state index contributed by atoms with van der Waals surface area (Å²) in [6, 6.07) is 7.74. The van der Waals surface area contributed by atoms with E-state index in [1.807, 2.05) is 0 Å². The van der Waals surface area contributed by atoms with E-state index in [1.165, 1.54) is 25.7 Å². The third kappa shape index (κ3) is 4.87. The molecule has 0 saturated heterocycles.